The lowest BCUT2D eigenvalue weighted by atomic mass is 10.2. The molecule has 1 aromatic heterocycles. The Morgan fingerprint density at radius 3 is 2.54 bits per heavy atom. The number of benzene rings is 2. The van der Waals surface area contributed by atoms with E-state index in [0.717, 1.165) is 16.3 Å². The number of aromatic nitrogens is 1. The van der Waals surface area contributed by atoms with Crippen LogP contribution in [0, 0.1) is 0 Å². The van der Waals surface area contributed by atoms with Gasteiger partial charge in [0.1, 0.15) is 0 Å². The summed E-state index contributed by atoms with van der Waals surface area (Å²) in [6.45, 7) is 3.92. The molecule has 0 bridgehead atoms. The quantitative estimate of drug-likeness (QED) is 0.745. The van der Waals surface area contributed by atoms with E-state index in [4.69, 9.17) is 4.74 Å². The van der Waals surface area contributed by atoms with Crippen LogP contribution in [-0.2, 0) is 11.3 Å². The number of ether oxygens (including phenoxy) is 1. The molecule has 1 amide bonds. The summed E-state index contributed by atoms with van der Waals surface area (Å²) in [5.74, 6) is 0.548. The zero-order valence-corrected chi connectivity index (χ0v) is 13.6. The lowest BCUT2D eigenvalue weighted by molar-refractivity contribution is -0.116. The molecule has 0 aliphatic heterocycles. The molecule has 0 aliphatic rings. The molecular weight excluding hydrogens is 300 g/mol. The number of hydrogen-bond donors (Lipinski definition) is 1. The van der Waals surface area contributed by atoms with Crippen LogP contribution in [0.15, 0.2) is 79.5 Å². The summed E-state index contributed by atoms with van der Waals surface area (Å²) in [6, 6.07) is 19.7. The summed E-state index contributed by atoms with van der Waals surface area (Å²) in [7, 11) is 1.63. The number of nitrogens with zero attached hydrogens (tertiary/aromatic N) is 1. The van der Waals surface area contributed by atoms with Crippen molar-refractivity contribution in [1.82, 2.24) is 10.3 Å². The van der Waals surface area contributed by atoms with E-state index in [1.165, 1.54) is 6.08 Å². The van der Waals surface area contributed by atoms with Gasteiger partial charge in [-0.2, -0.15) is 0 Å². The predicted molar refractivity (Wildman–Crippen MR) is 96.8 cm³/mol. The number of hydrogen-bond acceptors (Lipinski definition) is 3. The molecule has 122 valence electrons. The van der Waals surface area contributed by atoms with Crippen molar-refractivity contribution in [1.29, 1.82) is 0 Å². The summed E-state index contributed by atoms with van der Waals surface area (Å²) in [6.07, 6.45) is 3.02. The van der Waals surface area contributed by atoms with Crippen molar-refractivity contribution in [2.45, 2.75) is 6.54 Å². The normalized spacial score (nSPS) is 9.54. The third-order valence-electron chi connectivity index (χ3n) is 3.33. The second-order valence-electron chi connectivity index (χ2n) is 4.95. The number of fused-ring (bicyclic) bond motifs is 1. The van der Waals surface area contributed by atoms with E-state index in [0.29, 0.717) is 12.4 Å². The number of pyridine rings is 1. The van der Waals surface area contributed by atoms with Crippen LogP contribution in [0.25, 0.3) is 10.8 Å². The smallest absolute Gasteiger partial charge is 0.243 e. The summed E-state index contributed by atoms with van der Waals surface area (Å²) in [5.41, 5.74) is 1.09. The second kappa shape index (κ2) is 9.10. The standard InChI is InChI=1S/C10H9NO.C10H11NO/c1-12-10-9-5-3-2-4-8(9)6-7-11-10;1-2-10(12)11-8-9-6-4-3-5-7-9/h2-7H,1H3;2-7H,1,8H2,(H,11,12). The number of methoxy groups -OCH3 is 1. The monoisotopic (exact) mass is 320 g/mol. The maximum atomic E-state index is 10.8. The number of rotatable bonds is 4. The third kappa shape index (κ3) is 4.95. The highest BCUT2D eigenvalue weighted by Gasteiger charge is 1.98. The second-order valence-corrected chi connectivity index (χ2v) is 4.95. The molecule has 0 spiro atoms. The molecule has 0 radical (unpaired) electrons. The van der Waals surface area contributed by atoms with E-state index in [1.807, 2.05) is 60.7 Å². The Balaban J connectivity index is 0.000000174. The minimum atomic E-state index is -0.140. The molecule has 4 heteroatoms. The van der Waals surface area contributed by atoms with Gasteiger partial charge in [0, 0.05) is 18.1 Å². The SMILES string of the molecule is C=CC(=O)NCc1ccccc1.COc1nccc2ccccc12. The van der Waals surface area contributed by atoms with Crippen LogP contribution >= 0.6 is 0 Å². The van der Waals surface area contributed by atoms with E-state index in [2.05, 4.69) is 16.9 Å². The van der Waals surface area contributed by atoms with Gasteiger partial charge in [0.2, 0.25) is 11.8 Å². The van der Waals surface area contributed by atoms with Gasteiger partial charge in [-0.25, -0.2) is 4.98 Å². The highest BCUT2D eigenvalue weighted by atomic mass is 16.5. The third-order valence-corrected chi connectivity index (χ3v) is 3.33. The average Bonchev–Trinajstić information content (AvgIpc) is 2.67. The number of nitrogens with one attached hydrogen (secondary N) is 1. The minimum absolute atomic E-state index is 0.140. The van der Waals surface area contributed by atoms with Gasteiger partial charge in [-0.05, 0) is 29.2 Å². The van der Waals surface area contributed by atoms with Gasteiger partial charge < -0.3 is 10.1 Å². The fourth-order valence-electron chi connectivity index (χ4n) is 2.11. The first-order valence-electron chi connectivity index (χ1n) is 7.56. The number of amides is 1. The Labute approximate surface area is 141 Å². The van der Waals surface area contributed by atoms with Crippen molar-refractivity contribution in [3.05, 3.63) is 85.1 Å². The van der Waals surface area contributed by atoms with Crippen molar-refractivity contribution in [3.8, 4) is 5.88 Å². The van der Waals surface area contributed by atoms with Gasteiger partial charge >= 0.3 is 0 Å². The molecular formula is C20H20N2O2. The highest BCUT2D eigenvalue weighted by Crippen LogP contribution is 2.21. The van der Waals surface area contributed by atoms with Crippen LogP contribution in [0.4, 0.5) is 0 Å². The maximum absolute atomic E-state index is 10.8. The minimum Gasteiger partial charge on any atom is -0.481 e. The van der Waals surface area contributed by atoms with E-state index < -0.39 is 0 Å². The Kier molecular flexibility index (Phi) is 6.53. The molecule has 2 aromatic carbocycles. The molecule has 24 heavy (non-hydrogen) atoms. The van der Waals surface area contributed by atoms with Gasteiger partial charge in [-0.1, -0.05) is 55.1 Å². The Morgan fingerprint density at radius 2 is 1.83 bits per heavy atom. The Bertz CT molecular complexity index is 796. The summed E-state index contributed by atoms with van der Waals surface area (Å²) >= 11 is 0. The van der Waals surface area contributed by atoms with Crippen LogP contribution < -0.4 is 10.1 Å². The molecule has 0 unspecified atom stereocenters. The summed E-state index contributed by atoms with van der Waals surface area (Å²) in [4.78, 5) is 14.9. The molecule has 1 N–H and O–H groups in total. The van der Waals surface area contributed by atoms with E-state index in [9.17, 15) is 4.79 Å². The molecule has 0 fully saturated rings. The zero-order valence-electron chi connectivity index (χ0n) is 13.6. The summed E-state index contributed by atoms with van der Waals surface area (Å²) in [5, 5.41) is 4.91. The molecule has 0 aliphatic carbocycles. The Morgan fingerprint density at radius 1 is 1.12 bits per heavy atom. The largest absolute Gasteiger partial charge is 0.481 e. The average molecular weight is 320 g/mol. The van der Waals surface area contributed by atoms with Crippen molar-refractivity contribution < 1.29 is 9.53 Å². The van der Waals surface area contributed by atoms with E-state index in [1.54, 1.807) is 13.3 Å². The zero-order chi connectivity index (χ0) is 17.2. The number of carbonyl (C=O) groups is 1. The fourth-order valence-corrected chi connectivity index (χ4v) is 2.11. The number of carbonyl (C=O) groups excluding carboxylic acids is 1. The summed E-state index contributed by atoms with van der Waals surface area (Å²) < 4.78 is 5.12. The van der Waals surface area contributed by atoms with Crippen molar-refractivity contribution >= 4 is 16.7 Å². The van der Waals surface area contributed by atoms with E-state index >= 15 is 0 Å². The first-order valence-corrected chi connectivity index (χ1v) is 7.56. The maximum Gasteiger partial charge on any atom is 0.243 e. The molecule has 3 rings (SSSR count). The van der Waals surface area contributed by atoms with Crippen molar-refractivity contribution in [2.75, 3.05) is 7.11 Å². The van der Waals surface area contributed by atoms with Crippen molar-refractivity contribution in [2.24, 2.45) is 0 Å². The predicted octanol–water partition coefficient (Wildman–Crippen LogP) is 3.73. The van der Waals surface area contributed by atoms with Gasteiger partial charge in [-0.15, -0.1) is 0 Å². The molecule has 0 atom stereocenters. The lowest BCUT2D eigenvalue weighted by Gasteiger charge is -2.01. The van der Waals surface area contributed by atoms with Crippen LogP contribution in [0.2, 0.25) is 0 Å². The first kappa shape index (κ1) is 17.2. The Hall–Kier alpha value is -3.14. The molecule has 0 saturated heterocycles. The van der Waals surface area contributed by atoms with Crippen LogP contribution in [0.5, 0.6) is 5.88 Å². The van der Waals surface area contributed by atoms with Gasteiger partial charge in [0.05, 0.1) is 7.11 Å². The first-order chi connectivity index (χ1) is 11.7. The van der Waals surface area contributed by atoms with Gasteiger partial charge in [0.25, 0.3) is 0 Å². The molecule has 0 saturated carbocycles. The lowest BCUT2D eigenvalue weighted by Crippen LogP contribution is -2.19. The van der Waals surface area contributed by atoms with Gasteiger partial charge in [-0.3, -0.25) is 4.79 Å². The van der Waals surface area contributed by atoms with Crippen molar-refractivity contribution in [3.63, 3.8) is 0 Å². The van der Waals surface area contributed by atoms with Crippen LogP contribution in [-0.4, -0.2) is 18.0 Å². The van der Waals surface area contributed by atoms with Crippen LogP contribution in [0.1, 0.15) is 5.56 Å². The molecule has 1 heterocycles. The van der Waals surface area contributed by atoms with E-state index in [-0.39, 0.29) is 5.91 Å². The topological polar surface area (TPSA) is 51.2 Å². The van der Waals surface area contributed by atoms with Crippen LogP contribution in [0.3, 0.4) is 0 Å². The fraction of sp³-hybridized carbons (Fsp3) is 0.100. The van der Waals surface area contributed by atoms with Gasteiger partial charge in [0.15, 0.2) is 0 Å². The highest BCUT2D eigenvalue weighted by molar-refractivity contribution is 5.87. The molecule has 3 aromatic rings. The molecule has 4 nitrogen and oxygen atoms in total.